The lowest BCUT2D eigenvalue weighted by Gasteiger charge is -2.05. The normalized spacial score (nSPS) is 10.5. The van der Waals surface area contributed by atoms with Crippen LogP contribution >= 0.6 is 11.8 Å². The van der Waals surface area contributed by atoms with Crippen molar-refractivity contribution < 1.29 is 14.7 Å². The van der Waals surface area contributed by atoms with E-state index in [9.17, 15) is 9.59 Å². The van der Waals surface area contributed by atoms with Crippen LogP contribution in [0.15, 0.2) is 0 Å². The van der Waals surface area contributed by atoms with Crippen LogP contribution in [0.25, 0.3) is 0 Å². The average Bonchev–Trinajstić information content (AvgIpc) is 2.64. The van der Waals surface area contributed by atoms with E-state index in [1.807, 2.05) is 0 Å². The lowest BCUT2D eigenvalue weighted by Crippen LogP contribution is -2.25. The van der Waals surface area contributed by atoms with Gasteiger partial charge in [-0.3, -0.25) is 4.79 Å². The molecule has 3 N–H and O–H groups in total. The minimum atomic E-state index is -1.04. The number of thioether (sulfide) groups is 1. The highest BCUT2D eigenvalue weighted by Gasteiger charge is 2.20. The molecule has 0 saturated heterocycles. The van der Waals surface area contributed by atoms with Crippen LogP contribution in [0.3, 0.4) is 0 Å². The molecule has 6 heteroatoms. The summed E-state index contributed by atoms with van der Waals surface area (Å²) in [5, 5.41) is 11.8. The number of unbranched alkanes of at least 4 members (excludes halogenated alkanes) is 1. The molecule has 1 rings (SSSR count). The van der Waals surface area contributed by atoms with Gasteiger partial charge in [0.2, 0.25) is 0 Å². The predicted octanol–water partition coefficient (Wildman–Crippen LogP) is 2.20. The fourth-order valence-electron chi connectivity index (χ4n) is 1.97. The maximum absolute atomic E-state index is 12.0. The molecule has 0 fully saturated rings. The topological polar surface area (TPSA) is 82.2 Å². The van der Waals surface area contributed by atoms with Gasteiger partial charge in [-0.05, 0) is 44.3 Å². The summed E-state index contributed by atoms with van der Waals surface area (Å²) in [6.45, 7) is 3.98. The Bertz CT molecular complexity index is 469. The third kappa shape index (κ3) is 4.02. The smallest absolute Gasteiger partial charge is 0.352 e. The van der Waals surface area contributed by atoms with Gasteiger partial charge in [0.05, 0.1) is 5.56 Å². The van der Waals surface area contributed by atoms with E-state index in [1.165, 1.54) is 0 Å². The summed E-state index contributed by atoms with van der Waals surface area (Å²) in [6, 6.07) is 0. The summed E-state index contributed by atoms with van der Waals surface area (Å²) in [4.78, 5) is 25.7. The Morgan fingerprint density at radius 2 is 2.00 bits per heavy atom. The Hall–Kier alpha value is -1.43. The van der Waals surface area contributed by atoms with Crippen molar-refractivity contribution >= 4 is 23.6 Å². The Morgan fingerprint density at radius 3 is 2.53 bits per heavy atom. The highest BCUT2D eigenvalue weighted by atomic mass is 32.2. The Labute approximate surface area is 117 Å². The predicted molar refractivity (Wildman–Crippen MR) is 77.2 cm³/mol. The van der Waals surface area contributed by atoms with Gasteiger partial charge in [-0.15, -0.1) is 0 Å². The average molecular weight is 284 g/mol. The molecule has 0 saturated carbocycles. The lowest BCUT2D eigenvalue weighted by atomic mass is 10.1. The summed E-state index contributed by atoms with van der Waals surface area (Å²) in [6.07, 6.45) is 4.05. The van der Waals surface area contributed by atoms with Crippen molar-refractivity contribution in [3.05, 3.63) is 22.5 Å². The first-order chi connectivity index (χ1) is 8.99. The molecule has 106 valence electrons. The van der Waals surface area contributed by atoms with Gasteiger partial charge in [0.1, 0.15) is 5.69 Å². The number of aromatic nitrogens is 1. The fraction of sp³-hybridized carbons (Fsp3) is 0.538. The van der Waals surface area contributed by atoms with Crippen molar-refractivity contribution in [3.63, 3.8) is 0 Å². The number of aromatic amines is 1. The summed E-state index contributed by atoms with van der Waals surface area (Å²) < 4.78 is 0. The molecule has 0 atom stereocenters. The van der Waals surface area contributed by atoms with E-state index in [2.05, 4.69) is 16.6 Å². The first-order valence-electron chi connectivity index (χ1n) is 6.18. The van der Waals surface area contributed by atoms with Crippen LogP contribution in [0, 0.1) is 13.8 Å². The molecule has 19 heavy (non-hydrogen) atoms. The molecule has 1 aromatic heterocycles. The van der Waals surface area contributed by atoms with Crippen molar-refractivity contribution in [2.24, 2.45) is 0 Å². The standard InChI is InChI=1S/C13H20N2O3S/c1-8-10(9(2)15-11(8)13(17)18)12(16)14-6-4-5-7-19-3/h15H,4-7H2,1-3H3,(H,14,16)(H,17,18). The van der Waals surface area contributed by atoms with Gasteiger partial charge in [-0.2, -0.15) is 11.8 Å². The van der Waals surface area contributed by atoms with Crippen LogP contribution in [-0.4, -0.2) is 40.5 Å². The zero-order valence-corrected chi connectivity index (χ0v) is 12.3. The van der Waals surface area contributed by atoms with Gasteiger partial charge in [0.25, 0.3) is 5.91 Å². The number of carbonyl (C=O) groups excluding carboxylic acids is 1. The van der Waals surface area contributed by atoms with Crippen LogP contribution < -0.4 is 5.32 Å². The van der Waals surface area contributed by atoms with Crippen molar-refractivity contribution in [2.45, 2.75) is 26.7 Å². The molecule has 0 spiro atoms. The number of rotatable bonds is 7. The maximum atomic E-state index is 12.0. The molecule has 1 heterocycles. The Kier molecular flexibility index (Phi) is 5.95. The quantitative estimate of drug-likeness (QED) is 0.670. The van der Waals surface area contributed by atoms with Gasteiger partial charge in [0, 0.05) is 12.2 Å². The minimum Gasteiger partial charge on any atom is -0.477 e. The minimum absolute atomic E-state index is 0.0880. The zero-order valence-electron chi connectivity index (χ0n) is 11.5. The van der Waals surface area contributed by atoms with E-state index >= 15 is 0 Å². The number of aromatic carboxylic acids is 1. The number of carbonyl (C=O) groups is 2. The molecule has 1 amide bonds. The number of H-pyrrole nitrogens is 1. The zero-order chi connectivity index (χ0) is 14.4. The van der Waals surface area contributed by atoms with Gasteiger partial charge in [0.15, 0.2) is 0 Å². The SMILES string of the molecule is CSCCCCNC(=O)c1c(C)[nH]c(C(=O)O)c1C. The van der Waals surface area contributed by atoms with Crippen LogP contribution in [0.2, 0.25) is 0 Å². The number of hydrogen-bond donors (Lipinski definition) is 3. The van der Waals surface area contributed by atoms with Crippen molar-refractivity contribution in [1.82, 2.24) is 10.3 Å². The van der Waals surface area contributed by atoms with E-state index in [0.29, 0.717) is 23.4 Å². The van der Waals surface area contributed by atoms with Gasteiger partial charge in [-0.25, -0.2) is 4.79 Å². The third-order valence-electron chi connectivity index (χ3n) is 2.94. The number of nitrogens with one attached hydrogen (secondary N) is 2. The molecule has 0 aliphatic carbocycles. The van der Waals surface area contributed by atoms with E-state index < -0.39 is 5.97 Å². The Morgan fingerprint density at radius 1 is 1.32 bits per heavy atom. The summed E-state index contributed by atoms with van der Waals surface area (Å²) >= 11 is 1.79. The van der Waals surface area contributed by atoms with E-state index in [-0.39, 0.29) is 11.6 Å². The summed E-state index contributed by atoms with van der Waals surface area (Å²) in [7, 11) is 0. The van der Waals surface area contributed by atoms with Crippen molar-refractivity contribution in [3.8, 4) is 0 Å². The molecule has 0 radical (unpaired) electrons. The van der Waals surface area contributed by atoms with Gasteiger partial charge in [-0.1, -0.05) is 0 Å². The van der Waals surface area contributed by atoms with E-state index in [4.69, 9.17) is 5.11 Å². The van der Waals surface area contributed by atoms with E-state index in [0.717, 1.165) is 18.6 Å². The molecule has 0 unspecified atom stereocenters. The first-order valence-corrected chi connectivity index (χ1v) is 7.58. The van der Waals surface area contributed by atoms with Crippen LogP contribution in [0.5, 0.6) is 0 Å². The first kappa shape index (κ1) is 15.6. The Balaban J connectivity index is 2.64. The molecular formula is C13H20N2O3S. The molecule has 0 bridgehead atoms. The monoisotopic (exact) mass is 284 g/mol. The highest BCUT2D eigenvalue weighted by Crippen LogP contribution is 2.17. The highest BCUT2D eigenvalue weighted by molar-refractivity contribution is 7.98. The number of hydrogen-bond acceptors (Lipinski definition) is 3. The number of aryl methyl sites for hydroxylation is 1. The lowest BCUT2D eigenvalue weighted by molar-refractivity contribution is 0.0690. The van der Waals surface area contributed by atoms with E-state index in [1.54, 1.807) is 25.6 Å². The van der Waals surface area contributed by atoms with Gasteiger partial charge >= 0.3 is 5.97 Å². The van der Waals surface area contributed by atoms with Crippen molar-refractivity contribution in [2.75, 3.05) is 18.6 Å². The summed E-state index contributed by atoms with van der Waals surface area (Å²) in [5.74, 6) is -0.163. The molecule has 1 aromatic rings. The van der Waals surface area contributed by atoms with Gasteiger partial charge < -0.3 is 15.4 Å². The number of carboxylic acids is 1. The largest absolute Gasteiger partial charge is 0.477 e. The summed E-state index contributed by atoms with van der Waals surface area (Å²) in [5.41, 5.74) is 1.62. The van der Waals surface area contributed by atoms with Crippen molar-refractivity contribution in [1.29, 1.82) is 0 Å². The molecule has 0 aliphatic rings. The second-order valence-electron chi connectivity index (χ2n) is 4.39. The second kappa shape index (κ2) is 7.23. The number of carboxylic acid groups (broad SMARTS) is 1. The molecule has 5 nitrogen and oxygen atoms in total. The van der Waals surface area contributed by atoms with Crippen LogP contribution in [0.4, 0.5) is 0 Å². The van der Waals surface area contributed by atoms with Crippen LogP contribution in [-0.2, 0) is 0 Å². The third-order valence-corrected chi connectivity index (χ3v) is 3.64. The number of amides is 1. The maximum Gasteiger partial charge on any atom is 0.352 e. The fourth-order valence-corrected chi connectivity index (χ4v) is 2.46. The molecule has 0 aromatic carbocycles. The van der Waals surface area contributed by atoms with Crippen LogP contribution in [0.1, 0.15) is 44.9 Å². The second-order valence-corrected chi connectivity index (χ2v) is 5.37. The molecule has 0 aliphatic heterocycles. The molecular weight excluding hydrogens is 264 g/mol.